The zero-order chi connectivity index (χ0) is 11.3. The van der Waals surface area contributed by atoms with Crippen molar-refractivity contribution in [1.82, 2.24) is 10.2 Å². The average molecular weight is 230 g/mol. The molecule has 1 saturated heterocycles. The van der Waals surface area contributed by atoms with E-state index < -0.39 is 0 Å². The summed E-state index contributed by atoms with van der Waals surface area (Å²) in [5, 5.41) is 3.71. The van der Waals surface area contributed by atoms with Gasteiger partial charge in [-0.25, -0.2) is 0 Å². The fourth-order valence-electron chi connectivity index (χ4n) is 2.02. The maximum absolute atomic E-state index is 3.71. The molecule has 0 radical (unpaired) electrons. The molecule has 2 atom stereocenters. The molecular formula is C12H26N2S. The van der Waals surface area contributed by atoms with Crippen LogP contribution in [0.5, 0.6) is 0 Å². The summed E-state index contributed by atoms with van der Waals surface area (Å²) in [6.07, 6.45) is 2.65. The molecule has 1 heterocycles. The van der Waals surface area contributed by atoms with Crippen molar-refractivity contribution in [1.29, 1.82) is 0 Å². The third kappa shape index (κ3) is 5.23. The van der Waals surface area contributed by atoms with E-state index in [1.54, 1.807) is 0 Å². The molecule has 90 valence electrons. The highest BCUT2D eigenvalue weighted by Crippen LogP contribution is 2.17. The quantitative estimate of drug-likeness (QED) is 0.752. The predicted molar refractivity (Wildman–Crippen MR) is 70.7 cm³/mol. The van der Waals surface area contributed by atoms with Gasteiger partial charge in [0, 0.05) is 24.4 Å². The third-order valence-corrected chi connectivity index (χ3v) is 4.21. The minimum absolute atomic E-state index is 0.690. The Balaban J connectivity index is 2.24. The lowest BCUT2D eigenvalue weighted by atomic mass is 10.0. The second kappa shape index (κ2) is 6.77. The molecule has 0 aromatic heterocycles. The minimum Gasteiger partial charge on any atom is -0.312 e. The van der Waals surface area contributed by atoms with Gasteiger partial charge in [-0.2, -0.15) is 11.8 Å². The average Bonchev–Trinajstić information content (AvgIpc) is 2.63. The van der Waals surface area contributed by atoms with E-state index in [0.29, 0.717) is 6.04 Å². The van der Waals surface area contributed by atoms with Gasteiger partial charge in [0.1, 0.15) is 0 Å². The van der Waals surface area contributed by atoms with Crippen LogP contribution in [0.15, 0.2) is 0 Å². The number of likely N-dealkylation sites (N-methyl/N-ethyl adjacent to an activating group) is 1. The van der Waals surface area contributed by atoms with Crippen LogP contribution in [-0.2, 0) is 0 Å². The molecule has 3 heteroatoms. The Morgan fingerprint density at radius 2 is 2.13 bits per heavy atom. The fraction of sp³-hybridized carbons (Fsp3) is 1.00. The van der Waals surface area contributed by atoms with Crippen molar-refractivity contribution in [2.45, 2.75) is 38.8 Å². The van der Waals surface area contributed by atoms with E-state index in [2.05, 4.69) is 49.9 Å². The number of hydrogen-bond donors (Lipinski definition) is 1. The van der Waals surface area contributed by atoms with Crippen molar-refractivity contribution in [2.24, 2.45) is 5.92 Å². The largest absolute Gasteiger partial charge is 0.312 e. The van der Waals surface area contributed by atoms with Gasteiger partial charge in [-0.05, 0) is 38.6 Å². The second-order valence-electron chi connectivity index (χ2n) is 5.22. The lowest BCUT2D eigenvalue weighted by molar-refractivity contribution is 0.242. The lowest BCUT2D eigenvalue weighted by Crippen LogP contribution is -2.42. The van der Waals surface area contributed by atoms with Crippen LogP contribution in [0.25, 0.3) is 0 Å². The summed E-state index contributed by atoms with van der Waals surface area (Å²) in [6.45, 7) is 5.76. The van der Waals surface area contributed by atoms with Crippen molar-refractivity contribution in [3.8, 4) is 0 Å². The zero-order valence-corrected chi connectivity index (χ0v) is 11.4. The Bertz CT molecular complexity index is 165. The summed E-state index contributed by atoms with van der Waals surface area (Å²) in [5.74, 6) is 3.44. The summed E-state index contributed by atoms with van der Waals surface area (Å²) >= 11 is 2.08. The van der Waals surface area contributed by atoms with Gasteiger partial charge in [-0.1, -0.05) is 13.8 Å². The second-order valence-corrected chi connectivity index (χ2v) is 6.37. The van der Waals surface area contributed by atoms with E-state index in [0.717, 1.165) is 18.5 Å². The summed E-state index contributed by atoms with van der Waals surface area (Å²) in [7, 11) is 4.39. The van der Waals surface area contributed by atoms with Crippen LogP contribution in [0.2, 0.25) is 0 Å². The smallest absolute Gasteiger partial charge is 0.0217 e. The molecule has 0 spiro atoms. The summed E-state index contributed by atoms with van der Waals surface area (Å²) in [6, 6.07) is 1.46. The van der Waals surface area contributed by atoms with E-state index >= 15 is 0 Å². The summed E-state index contributed by atoms with van der Waals surface area (Å²) < 4.78 is 0. The molecule has 0 aliphatic carbocycles. The number of nitrogens with one attached hydrogen (secondary N) is 1. The van der Waals surface area contributed by atoms with Crippen molar-refractivity contribution in [2.75, 3.05) is 32.1 Å². The highest BCUT2D eigenvalue weighted by Gasteiger charge is 2.18. The maximum Gasteiger partial charge on any atom is 0.0217 e. The fourth-order valence-corrected chi connectivity index (χ4v) is 3.21. The monoisotopic (exact) mass is 230 g/mol. The maximum atomic E-state index is 3.71. The Morgan fingerprint density at radius 1 is 1.40 bits per heavy atom. The van der Waals surface area contributed by atoms with Gasteiger partial charge < -0.3 is 10.2 Å². The van der Waals surface area contributed by atoms with E-state index in [4.69, 9.17) is 0 Å². The zero-order valence-electron chi connectivity index (χ0n) is 10.6. The van der Waals surface area contributed by atoms with Crippen LogP contribution in [-0.4, -0.2) is 49.1 Å². The Kier molecular flexibility index (Phi) is 6.02. The molecule has 0 saturated carbocycles. The topological polar surface area (TPSA) is 15.3 Å². The Labute approximate surface area is 99.2 Å². The van der Waals surface area contributed by atoms with Crippen LogP contribution in [0.1, 0.15) is 26.7 Å². The number of nitrogens with zero attached hydrogens (tertiary/aromatic N) is 1. The van der Waals surface area contributed by atoms with E-state index in [-0.39, 0.29) is 0 Å². The molecular weight excluding hydrogens is 204 g/mol. The first kappa shape index (κ1) is 13.3. The van der Waals surface area contributed by atoms with Crippen molar-refractivity contribution in [3.63, 3.8) is 0 Å². The van der Waals surface area contributed by atoms with Gasteiger partial charge in [0.2, 0.25) is 0 Å². The van der Waals surface area contributed by atoms with Gasteiger partial charge in [0.05, 0.1) is 0 Å². The van der Waals surface area contributed by atoms with Crippen molar-refractivity contribution < 1.29 is 0 Å². The van der Waals surface area contributed by atoms with Crippen LogP contribution < -0.4 is 5.32 Å². The van der Waals surface area contributed by atoms with E-state index in [1.165, 1.54) is 24.3 Å². The third-order valence-electron chi connectivity index (χ3n) is 3.05. The highest BCUT2D eigenvalue weighted by atomic mass is 32.2. The first-order valence-corrected chi connectivity index (χ1v) is 7.22. The highest BCUT2D eigenvalue weighted by molar-refractivity contribution is 7.99. The van der Waals surface area contributed by atoms with Gasteiger partial charge in [0.15, 0.2) is 0 Å². The molecule has 15 heavy (non-hydrogen) atoms. The molecule has 1 aliphatic heterocycles. The van der Waals surface area contributed by atoms with Crippen molar-refractivity contribution >= 4 is 11.8 Å². The molecule has 2 unspecified atom stereocenters. The van der Waals surface area contributed by atoms with Crippen LogP contribution in [0.3, 0.4) is 0 Å². The van der Waals surface area contributed by atoms with E-state index in [9.17, 15) is 0 Å². The standard InChI is InChI=1S/C12H26N2S/c1-10(2)7-12(14(3)4)8-13-11-5-6-15-9-11/h10-13H,5-9H2,1-4H3. The molecule has 1 fully saturated rings. The van der Waals surface area contributed by atoms with Gasteiger partial charge in [0.25, 0.3) is 0 Å². The Morgan fingerprint density at radius 3 is 2.60 bits per heavy atom. The Hall–Kier alpha value is 0.270. The number of rotatable bonds is 6. The number of hydrogen-bond acceptors (Lipinski definition) is 3. The molecule has 0 amide bonds. The van der Waals surface area contributed by atoms with Crippen molar-refractivity contribution in [3.05, 3.63) is 0 Å². The molecule has 1 N–H and O–H groups in total. The van der Waals surface area contributed by atoms with E-state index in [1.807, 2.05) is 0 Å². The van der Waals surface area contributed by atoms with Gasteiger partial charge in [-0.15, -0.1) is 0 Å². The normalized spacial score (nSPS) is 24.0. The molecule has 0 aromatic rings. The SMILES string of the molecule is CC(C)CC(CNC1CCSC1)N(C)C. The first-order valence-electron chi connectivity index (χ1n) is 6.07. The summed E-state index contributed by atoms with van der Waals surface area (Å²) in [5.41, 5.74) is 0. The van der Waals surface area contributed by atoms with Crippen LogP contribution in [0.4, 0.5) is 0 Å². The lowest BCUT2D eigenvalue weighted by Gasteiger charge is -2.27. The molecule has 0 bridgehead atoms. The minimum atomic E-state index is 0.690. The van der Waals surface area contributed by atoms with Gasteiger partial charge in [-0.3, -0.25) is 0 Å². The summed E-state index contributed by atoms with van der Waals surface area (Å²) in [4.78, 5) is 2.36. The first-order chi connectivity index (χ1) is 7.09. The molecule has 1 rings (SSSR count). The van der Waals surface area contributed by atoms with Crippen LogP contribution >= 0.6 is 11.8 Å². The molecule has 1 aliphatic rings. The number of thioether (sulfide) groups is 1. The van der Waals surface area contributed by atoms with Crippen LogP contribution in [0, 0.1) is 5.92 Å². The predicted octanol–water partition coefficient (Wildman–Crippen LogP) is 2.06. The molecule has 0 aromatic carbocycles. The van der Waals surface area contributed by atoms with Gasteiger partial charge >= 0.3 is 0 Å². The molecule has 2 nitrogen and oxygen atoms in total.